The van der Waals surface area contributed by atoms with Gasteiger partial charge in [-0.3, -0.25) is 0 Å². The van der Waals surface area contributed by atoms with E-state index in [4.69, 9.17) is 37.4 Å². The van der Waals surface area contributed by atoms with Crippen LogP contribution in [0, 0.1) is 0 Å². The lowest BCUT2D eigenvalue weighted by Crippen LogP contribution is -2.15. The van der Waals surface area contributed by atoms with E-state index in [1.165, 1.54) is 11.8 Å². The Morgan fingerprint density at radius 3 is 2.41 bits per heavy atom. The summed E-state index contributed by atoms with van der Waals surface area (Å²) in [6.07, 6.45) is 0.617. The molecule has 8 heteroatoms. The maximum Gasteiger partial charge on any atom is 0.379 e. The number of nitrogens with zero attached hydrogens (tertiary/aromatic N) is 1. The van der Waals surface area contributed by atoms with Crippen molar-refractivity contribution in [2.75, 3.05) is 13.7 Å². The lowest BCUT2D eigenvalue weighted by atomic mass is 10.1. The van der Waals surface area contributed by atoms with Crippen molar-refractivity contribution in [2.24, 2.45) is 0 Å². The lowest BCUT2D eigenvalue weighted by molar-refractivity contribution is -0.134. The topological polar surface area (TPSA) is 57.7 Å². The molecular weight excluding hydrogens is 469 g/mol. The minimum atomic E-state index is -0.689. The van der Waals surface area contributed by atoms with Gasteiger partial charge in [-0.1, -0.05) is 47.5 Å². The fraction of sp³-hybridized carbons (Fsp3) is 0.167. The van der Waals surface area contributed by atoms with E-state index >= 15 is 0 Å². The van der Waals surface area contributed by atoms with Crippen molar-refractivity contribution in [3.05, 3.63) is 94.3 Å². The van der Waals surface area contributed by atoms with E-state index in [1.54, 1.807) is 37.4 Å². The van der Waals surface area contributed by atoms with E-state index in [2.05, 4.69) is 11.6 Å². The number of esters is 1. The summed E-state index contributed by atoms with van der Waals surface area (Å²) >= 11 is 13.9. The van der Waals surface area contributed by atoms with Gasteiger partial charge in [0.15, 0.2) is 5.76 Å². The standard InChI is InChI=1S/C24H21Cl2NO4S/c1-16(30-14-13-17-9-11-19(29-2)12-10-17)24(28)31-22-8-3-5-18(27-22)15-32-23-20(25)6-4-7-21(23)26/h3-12H,1,13-15H2,2H3. The maximum atomic E-state index is 12.3. The van der Waals surface area contributed by atoms with Crippen LogP contribution < -0.4 is 9.47 Å². The molecule has 5 nitrogen and oxygen atoms in total. The van der Waals surface area contributed by atoms with Gasteiger partial charge >= 0.3 is 5.97 Å². The van der Waals surface area contributed by atoms with Crippen molar-refractivity contribution >= 4 is 40.9 Å². The third-order valence-electron chi connectivity index (χ3n) is 4.32. The molecular formula is C24H21Cl2NO4S. The van der Waals surface area contributed by atoms with Gasteiger partial charge in [-0.05, 0) is 42.5 Å². The SMILES string of the molecule is C=C(OCCc1ccc(OC)cc1)C(=O)Oc1cccc(CSc2c(Cl)cccc2Cl)n1. The molecule has 1 heterocycles. The fourth-order valence-electron chi connectivity index (χ4n) is 2.66. The number of hydrogen-bond acceptors (Lipinski definition) is 6. The molecule has 3 aromatic rings. The highest BCUT2D eigenvalue weighted by molar-refractivity contribution is 7.98. The Labute approximate surface area is 201 Å². The minimum Gasteiger partial charge on any atom is -0.497 e. The molecule has 0 spiro atoms. The summed E-state index contributed by atoms with van der Waals surface area (Å²) < 4.78 is 15.9. The van der Waals surface area contributed by atoms with Crippen LogP contribution in [0.2, 0.25) is 10.0 Å². The second-order valence-corrected chi connectivity index (χ2v) is 8.37. The van der Waals surface area contributed by atoms with Crippen LogP contribution in [-0.4, -0.2) is 24.7 Å². The second-order valence-electron chi connectivity index (χ2n) is 6.57. The molecule has 0 atom stereocenters. The average Bonchev–Trinajstić information content (AvgIpc) is 2.79. The number of rotatable bonds is 10. The molecule has 0 aliphatic rings. The van der Waals surface area contributed by atoms with Gasteiger partial charge < -0.3 is 14.2 Å². The largest absolute Gasteiger partial charge is 0.497 e. The molecule has 0 N–H and O–H groups in total. The van der Waals surface area contributed by atoms with Crippen LogP contribution in [0.1, 0.15) is 11.3 Å². The molecule has 2 aromatic carbocycles. The number of methoxy groups -OCH3 is 1. The predicted molar refractivity (Wildman–Crippen MR) is 128 cm³/mol. The van der Waals surface area contributed by atoms with Crippen LogP contribution in [0.4, 0.5) is 0 Å². The van der Waals surface area contributed by atoms with Crippen molar-refractivity contribution in [1.82, 2.24) is 4.98 Å². The Morgan fingerprint density at radius 1 is 1.03 bits per heavy atom. The molecule has 0 radical (unpaired) electrons. The molecule has 0 saturated carbocycles. The summed E-state index contributed by atoms with van der Waals surface area (Å²) in [7, 11) is 1.62. The van der Waals surface area contributed by atoms with Crippen LogP contribution in [0.3, 0.4) is 0 Å². The first-order chi connectivity index (χ1) is 15.5. The normalized spacial score (nSPS) is 10.5. The van der Waals surface area contributed by atoms with Crippen LogP contribution in [0.15, 0.2) is 77.9 Å². The van der Waals surface area contributed by atoms with Gasteiger partial charge in [-0.15, -0.1) is 11.8 Å². The number of hydrogen-bond donors (Lipinski definition) is 0. The smallest absolute Gasteiger partial charge is 0.379 e. The molecule has 0 bridgehead atoms. The average molecular weight is 490 g/mol. The van der Waals surface area contributed by atoms with Gasteiger partial charge in [0, 0.05) is 23.1 Å². The molecule has 32 heavy (non-hydrogen) atoms. The Hall–Kier alpha value is -2.67. The summed E-state index contributed by atoms with van der Waals surface area (Å²) in [4.78, 5) is 17.4. The first-order valence-corrected chi connectivity index (χ1v) is 11.4. The number of pyridine rings is 1. The molecule has 0 aliphatic carbocycles. The van der Waals surface area contributed by atoms with Gasteiger partial charge in [-0.25, -0.2) is 9.78 Å². The van der Waals surface area contributed by atoms with Crippen LogP contribution in [-0.2, 0) is 21.7 Å². The van der Waals surface area contributed by atoms with Gasteiger partial charge in [0.2, 0.25) is 5.88 Å². The molecule has 166 valence electrons. The molecule has 0 unspecified atom stereocenters. The zero-order valence-electron chi connectivity index (χ0n) is 17.3. The number of carbonyl (C=O) groups excluding carboxylic acids is 1. The Balaban J connectivity index is 1.49. The van der Waals surface area contributed by atoms with Crippen LogP contribution in [0.5, 0.6) is 11.6 Å². The van der Waals surface area contributed by atoms with Crippen LogP contribution in [0.25, 0.3) is 0 Å². The number of aromatic nitrogens is 1. The molecule has 1 aromatic heterocycles. The monoisotopic (exact) mass is 489 g/mol. The molecule has 0 fully saturated rings. The Kier molecular flexibility index (Phi) is 8.85. The summed E-state index contributed by atoms with van der Waals surface area (Å²) in [5.41, 5.74) is 1.76. The Bertz CT molecular complexity index is 1070. The van der Waals surface area contributed by atoms with Gasteiger partial charge in [0.25, 0.3) is 0 Å². The highest BCUT2D eigenvalue weighted by Gasteiger charge is 2.13. The zero-order chi connectivity index (χ0) is 22.9. The van der Waals surface area contributed by atoms with Crippen LogP contribution >= 0.6 is 35.0 Å². The summed E-state index contributed by atoms with van der Waals surface area (Å²) in [6.45, 7) is 3.94. The highest BCUT2D eigenvalue weighted by atomic mass is 35.5. The summed E-state index contributed by atoms with van der Waals surface area (Å²) in [5, 5.41) is 1.15. The van der Waals surface area contributed by atoms with E-state index in [0.29, 0.717) is 34.5 Å². The molecule has 0 saturated heterocycles. The fourth-order valence-corrected chi connectivity index (χ4v) is 4.25. The number of thioether (sulfide) groups is 1. The molecule has 0 amide bonds. The van der Waals surface area contributed by atoms with E-state index in [9.17, 15) is 4.79 Å². The Morgan fingerprint density at radius 2 is 1.72 bits per heavy atom. The highest BCUT2D eigenvalue weighted by Crippen LogP contribution is 2.35. The van der Waals surface area contributed by atoms with Crippen molar-refractivity contribution in [3.8, 4) is 11.6 Å². The van der Waals surface area contributed by atoms with E-state index in [-0.39, 0.29) is 11.6 Å². The van der Waals surface area contributed by atoms with Gasteiger partial charge in [-0.2, -0.15) is 0 Å². The second kappa shape index (κ2) is 11.8. The zero-order valence-corrected chi connectivity index (χ0v) is 19.7. The molecule has 0 aliphatic heterocycles. The first kappa shape index (κ1) is 24.0. The quantitative estimate of drug-likeness (QED) is 0.143. The van der Waals surface area contributed by atoms with Crippen molar-refractivity contribution < 1.29 is 19.0 Å². The lowest BCUT2D eigenvalue weighted by Gasteiger charge is -2.10. The summed E-state index contributed by atoms with van der Waals surface area (Å²) in [5.74, 6) is 0.687. The first-order valence-electron chi connectivity index (χ1n) is 9.66. The third-order valence-corrected chi connectivity index (χ3v) is 6.34. The third kappa shape index (κ3) is 6.92. The maximum absolute atomic E-state index is 12.3. The van der Waals surface area contributed by atoms with E-state index in [0.717, 1.165) is 16.2 Å². The van der Waals surface area contributed by atoms with E-state index < -0.39 is 5.97 Å². The van der Waals surface area contributed by atoms with Crippen molar-refractivity contribution in [2.45, 2.75) is 17.1 Å². The van der Waals surface area contributed by atoms with Gasteiger partial charge in [0.1, 0.15) is 5.75 Å². The van der Waals surface area contributed by atoms with Crippen molar-refractivity contribution in [1.29, 1.82) is 0 Å². The predicted octanol–water partition coefficient (Wildman–Crippen LogP) is 6.37. The minimum absolute atomic E-state index is 0.0806. The number of ether oxygens (including phenoxy) is 3. The number of carbonyl (C=O) groups is 1. The summed E-state index contributed by atoms with van der Waals surface area (Å²) in [6, 6.07) is 18.1. The number of halogens is 2. The molecule has 3 rings (SSSR count). The van der Waals surface area contributed by atoms with Crippen molar-refractivity contribution in [3.63, 3.8) is 0 Å². The van der Waals surface area contributed by atoms with Gasteiger partial charge in [0.05, 0.1) is 29.5 Å². The van der Waals surface area contributed by atoms with E-state index in [1.807, 2.05) is 30.3 Å². The number of benzene rings is 2.